The number of hydrogen-bond donors (Lipinski definition) is 0. The normalized spacial score (nSPS) is 20.3. The lowest BCUT2D eigenvalue weighted by atomic mass is 9.89. The molecule has 0 unspecified atom stereocenters. The number of likely N-dealkylation sites (tertiary alicyclic amines) is 1. The fourth-order valence-electron chi connectivity index (χ4n) is 3.74. The first-order valence-electron chi connectivity index (χ1n) is 9.58. The van der Waals surface area contributed by atoms with E-state index in [-0.39, 0.29) is 18.5 Å². The average Bonchev–Trinajstić information content (AvgIpc) is 3.08. The third-order valence-corrected chi connectivity index (χ3v) is 5.11. The molecule has 3 rings (SSSR count). The van der Waals surface area contributed by atoms with Crippen molar-refractivity contribution in [1.82, 2.24) is 14.7 Å². The van der Waals surface area contributed by atoms with Gasteiger partial charge in [-0.05, 0) is 50.3 Å². The van der Waals surface area contributed by atoms with Crippen LogP contribution in [-0.2, 0) is 14.3 Å². The van der Waals surface area contributed by atoms with Crippen LogP contribution in [0.15, 0.2) is 24.4 Å². The maximum absolute atomic E-state index is 12.6. The zero-order chi connectivity index (χ0) is 21.3. The highest BCUT2D eigenvalue weighted by Crippen LogP contribution is 2.35. The Morgan fingerprint density at radius 2 is 2.00 bits per heavy atom. The Morgan fingerprint density at radius 1 is 1.28 bits per heavy atom. The number of carbonyl (C=O) groups is 2. The summed E-state index contributed by atoms with van der Waals surface area (Å²) in [4.78, 5) is 25.8. The van der Waals surface area contributed by atoms with Gasteiger partial charge in [0, 0.05) is 18.0 Å². The Kier molecular flexibility index (Phi) is 5.86. The zero-order valence-electron chi connectivity index (χ0n) is 16.6. The van der Waals surface area contributed by atoms with Gasteiger partial charge in [0.05, 0.1) is 17.8 Å². The summed E-state index contributed by atoms with van der Waals surface area (Å²) in [5, 5.41) is 5.28. The highest BCUT2D eigenvalue weighted by Gasteiger charge is 2.37. The van der Waals surface area contributed by atoms with Crippen LogP contribution < -0.4 is 0 Å². The number of rotatable bonds is 3. The van der Waals surface area contributed by atoms with Crippen LogP contribution in [0, 0.1) is 5.92 Å². The molecule has 0 radical (unpaired) electrons. The smallest absolute Gasteiger partial charge is 0.422 e. The van der Waals surface area contributed by atoms with E-state index in [0.717, 1.165) is 22.9 Å². The minimum absolute atomic E-state index is 0.137. The average molecular weight is 411 g/mol. The van der Waals surface area contributed by atoms with Crippen molar-refractivity contribution >= 4 is 22.8 Å². The van der Waals surface area contributed by atoms with Gasteiger partial charge >= 0.3 is 18.1 Å². The molecule has 0 N–H and O–H groups in total. The van der Waals surface area contributed by atoms with Crippen LogP contribution in [-0.4, -0.2) is 45.9 Å². The van der Waals surface area contributed by atoms with Crippen molar-refractivity contribution < 1.29 is 27.5 Å². The summed E-state index contributed by atoms with van der Waals surface area (Å²) < 4.78 is 43.0. The predicted molar refractivity (Wildman–Crippen MR) is 100.0 cm³/mol. The standard InChI is InChI=1S/C20H24F3N3O3/c1-12(2)26-17-7-5-14(8-15(17)9-24-26)16-6-4-13(3)10-25(16)18(27)19(28)29-11-20(21,22)23/h5,7-9,12-13,16H,4,6,10-11H2,1-3H3/t13-,16+/m0/s1. The molecular formula is C20H24F3N3O3. The van der Waals surface area contributed by atoms with Gasteiger partial charge in [-0.25, -0.2) is 4.79 Å². The number of carbonyl (C=O) groups excluding carboxylic acids is 2. The van der Waals surface area contributed by atoms with E-state index in [1.807, 2.05) is 43.7 Å². The highest BCUT2D eigenvalue weighted by molar-refractivity contribution is 6.32. The number of esters is 1. The van der Waals surface area contributed by atoms with Crippen LogP contribution >= 0.6 is 0 Å². The van der Waals surface area contributed by atoms with Crippen LogP contribution in [0.5, 0.6) is 0 Å². The molecule has 1 aliphatic heterocycles. The Hall–Kier alpha value is -2.58. The van der Waals surface area contributed by atoms with Crippen LogP contribution in [0.4, 0.5) is 13.2 Å². The molecule has 1 aromatic heterocycles. The van der Waals surface area contributed by atoms with E-state index < -0.39 is 30.7 Å². The number of hydrogen-bond acceptors (Lipinski definition) is 4. The number of alkyl halides is 3. The van der Waals surface area contributed by atoms with Crippen molar-refractivity contribution in [2.75, 3.05) is 13.2 Å². The molecule has 2 heterocycles. The lowest BCUT2D eigenvalue weighted by Crippen LogP contribution is -2.45. The molecule has 9 heteroatoms. The van der Waals surface area contributed by atoms with E-state index in [1.165, 1.54) is 4.90 Å². The summed E-state index contributed by atoms with van der Waals surface area (Å²) in [7, 11) is 0. The Balaban J connectivity index is 1.85. The fraction of sp³-hybridized carbons (Fsp3) is 0.550. The molecule has 0 spiro atoms. The van der Waals surface area contributed by atoms with E-state index in [9.17, 15) is 22.8 Å². The SMILES string of the molecule is CC(C)n1ncc2cc([C@H]3CC[C@H](C)CN3C(=O)C(=O)OCC(F)(F)F)ccc21. The second kappa shape index (κ2) is 8.04. The minimum Gasteiger partial charge on any atom is -0.449 e. The molecule has 6 nitrogen and oxygen atoms in total. The maximum atomic E-state index is 12.6. The fourth-order valence-corrected chi connectivity index (χ4v) is 3.74. The molecule has 0 bridgehead atoms. The monoisotopic (exact) mass is 411 g/mol. The van der Waals surface area contributed by atoms with E-state index in [1.54, 1.807) is 6.20 Å². The van der Waals surface area contributed by atoms with Crippen molar-refractivity contribution in [3.63, 3.8) is 0 Å². The van der Waals surface area contributed by atoms with Crippen LogP contribution in [0.2, 0.25) is 0 Å². The van der Waals surface area contributed by atoms with Crippen LogP contribution in [0.25, 0.3) is 10.9 Å². The lowest BCUT2D eigenvalue weighted by Gasteiger charge is -2.38. The molecule has 1 amide bonds. The molecule has 2 aromatic rings. The number of aromatic nitrogens is 2. The molecule has 1 saturated heterocycles. The number of nitrogens with zero attached hydrogens (tertiary/aromatic N) is 3. The minimum atomic E-state index is -4.67. The Morgan fingerprint density at radius 3 is 2.66 bits per heavy atom. The van der Waals surface area contributed by atoms with E-state index in [2.05, 4.69) is 9.84 Å². The second-order valence-corrected chi connectivity index (χ2v) is 7.85. The van der Waals surface area contributed by atoms with Gasteiger partial charge in [0.25, 0.3) is 0 Å². The number of ether oxygens (including phenoxy) is 1. The summed E-state index contributed by atoms with van der Waals surface area (Å²) in [6.45, 7) is 4.50. The van der Waals surface area contributed by atoms with Crippen molar-refractivity contribution in [1.29, 1.82) is 0 Å². The summed E-state index contributed by atoms with van der Waals surface area (Å²) >= 11 is 0. The highest BCUT2D eigenvalue weighted by atomic mass is 19.4. The van der Waals surface area contributed by atoms with E-state index >= 15 is 0 Å². The molecule has 29 heavy (non-hydrogen) atoms. The number of benzene rings is 1. The van der Waals surface area contributed by atoms with Gasteiger partial charge in [0.15, 0.2) is 6.61 Å². The third kappa shape index (κ3) is 4.71. The molecule has 158 valence electrons. The van der Waals surface area contributed by atoms with E-state index in [0.29, 0.717) is 6.42 Å². The number of piperidine rings is 1. The van der Waals surface area contributed by atoms with Crippen molar-refractivity contribution in [2.24, 2.45) is 5.92 Å². The van der Waals surface area contributed by atoms with E-state index in [4.69, 9.17) is 0 Å². The molecule has 2 atom stereocenters. The Labute approximate surface area is 166 Å². The van der Waals surface area contributed by atoms with Crippen molar-refractivity contribution in [3.8, 4) is 0 Å². The van der Waals surface area contributed by atoms with Crippen LogP contribution in [0.1, 0.15) is 51.3 Å². The van der Waals surface area contributed by atoms with Crippen molar-refractivity contribution in [2.45, 2.75) is 51.9 Å². The van der Waals surface area contributed by atoms with Crippen molar-refractivity contribution in [3.05, 3.63) is 30.0 Å². The van der Waals surface area contributed by atoms with Gasteiger partial charge in [-0.1, -0.05) is 13.0 Å². The number of fused-ring (bicyclic) bond motifs is 1. The predicted octanol–water partition coefficient (Wildman–Crippen LogP) is 4.02. The molecular weight excluding hydrogens is 387 g/mol. The van der Waals surface area contributed by atoms with Gasteiger partial charge in [-0.2, -0.15) is 18.3 Å². The van der Waals surface area contributed by atoms with Gasteiger partial charge in [0.2, 0.25) is 0 Å². The first kappa shape index (κ1) is 21.1. The topological polar surface area (TPSA) is 64.4 Å². The van der Waals surface area contributed by atoms with Gasteiger partial charge in [0.1, 0.15) is 0 Å². The zero-order valence-corrected chi connectivity index (χ0v) is 16.6. The molecule has 1 aromatic carbocycles. The molecule has 1 aliphatic rings. The quantitative estimate of drug-likeness (QED) is 0.565. The summed E-state index contributed by atoms with van der Waals surface area (Å²) in [6.07, 6.45) is -1.47. The summed E-state index contributed by atoms with van der Waals surface area (Å²) in [5.41, 5.74) is 1.78. The summed E-state index contributed by atoms with van der Waals surface area (Å²) in [6, 6.07) is 5.51. The van der Waals surface area contributed by atoms with Gasteiger partial charge in [-0.15, -0.1) is 0 Å². The third-order valence-electron chi connectivity index (χ3n) is 5.11. The molecule has 0 aliphatic carbocycles. The first-order valence-corrected chi connectivity index (χ1v) is 9.58. The van der Waals surface area contributed by atoms with Gasteiger partial charge in [-0.3, -0.25) is 9.48 Å². The maximum Gasteiger partial charge on any atom is 0.422 e. The lowest BCUT2D eigenvalue weighted by molar-refractivity contribution is -0.190. The Bertz CT molecular complexity index is 907. The largest absolute Gasteiger partial charge is 0.449 e. The first-order chi connectivity index (χ1) is 13.6. The summed E-state index contributed by atoms with van der Waals surface area (Å²) in [5.74, 6) is -2.38. The second-order valence-electron chi connectivity index (χ2n) is 7.85. The van der Waals surface area contributed by atoms with Gasteiger partial charge < -0.3 is 9.64 Å². The number of halogens is 3. The molecule has 1 fully saturated rings. The molecule has 0 saturated carbocycles. The number of amides is 1. The van der Waals surface area contributed by atoms with Crippen LogP contribution in [0.3, 0.4) is 0 Å².